The highest BCUT2D eigenvalue weighted by molar-refractivity contribution is 6.03. The van der Waals surface area contributed by atoms with Gasteiger partial charge in [-0.15, -0.1) is 6.42 Å². The summed E-state index contributed by atoms with van der Waals surface area (Å²) in [5.74, 6) is 1.13. The van der Waals surface area contributed by atoms with Gasteiger partial charge in [0.2, 0.25) is 0 Å². The van der Waals surface area contributed by atoms with Crippen LogP contribution in [0.25, 0.3) is 32.9 Å². The van der Waals surface area contributed by atoms with Crippen molar-refractivity contribution in [3.05, 3.63) is 47.7 Å². The Kier molecular flexibility index (Phi) is 7.18. The smallest absolute Gasteiger partial charge is 0.319 e. The molecule has 13 heteroatoms. The van der Waals surface area contributed by atoms with Gasteiger partial charge in [0.1, 0.15) is 41.4 Å². The standard InChI is InChI=1S/C34H34F3N7O3/c1-2-22-25(36)6-5-19-11-21(45)12-23(26(19)22)28-27(37)29-24(14-38-28)30(43-9-3-7-33(17-43)16-39-31(46)42-33)41-32(40-29)47-18-34-8-4-10-44(34)15-20(35)13-34/h1,5-6,11-12,14,20,31,39,42,45-46H,3-4,7-10,13,15-18H2/t20-,31?,33?,34+/m1/s1. The van der Waals surface area contributed by atoms with Crippen LogP contribution in [0.15, 0.2) is 30.5 Å². The minimum atomic E-state index is -0.944. The molecule has 2 aromatic carbocycles. The van der Waals surface area contributed by atoms with Crippen LogP contribution in [-0.4, -0.2) is 93.0 Å². The van der Waals surface area contributed by atoms with Gasteiger partial charge < -0.3 is 19.8 Å². The molecule has 4 atom stereocenters. The summed E-state index contributed by atoms with van der Waals surface area (Å²) in [5, 5.41) is 28.0. The van der Waals surface area contributed by atoms with Crippen molar-refractivity contribution in [2.24, 2.45) is 0 Å². The zero-order valence-corrected chi connectivity index (χ0v) is 25.6. The quantitative estimate of drug-likeness (QED) is 0.240. The number of hydrogen-bond donors (Lipinski definition) is 4. The molecule has 10 nitrogen and oxygen atoms in total. The van der Waals surface area contributed by atoms with Gasteiger partial charge in [-0.1, -0.05) is 12.0 Å². The van der Waals surface area contributed by atoms with E-state index in [1.807, 2.05) is 4.90 Å². The highest BCUT2D eigenvalue weighted by Gasteiger charge is 2.49. The first-order valence-electron chi connectivity index (χ1n) is 15.9. The number of terminal acetylenes is 1. The van der Waals surface area contributed by atoms with Gasteiger partial charge in [-0.05, 0) is 55.8 Å². The maximum Gasteiger partial charge on any atom is 0.319 e. The van der Waals surface area contributed by atoms with Crippen LogP contribution in [0.4, 0.5) is 19.0 Å². The van der Waals surface area contributed by atoms with E-state index in [1.165, 1.54) is 30.5 Å². The summed E-state index contributed by atoms with van der Waals surface area (Å²) < 4.78 is 52.4. The normalized spacial score (nSPS) is 27.6. The van der Waals surface area contributed by atoms with Crippen molar-refractivity contribution in [3.8, 4) is 35.4 Å². The number of hydrogen-bond acceptors (Lipinski definition) is 10. The van der Waals surface area contributed by atoms with Crippen LogP contribution in [0.2, 0.25) is 0 Å². The number of halogens is 3. The number of ether oxygens (including phenoxy) is 1. The number of phenols is 1. The van der Waals surface area contributed by atoms with Gasteiger partial charge in [0, 0.05) is 49.7 Å². The zero-order chi connectivity index (χ0) is 32.5. The molecule has 8 rings (SSSR count). The molecule has 2 aromatic heterocycles. The highest BCUT2D eigenvalue weighted by Crippen LogP contribution is 2.42. The van der Waals surface area contributed by atoms with Gasteiger partial charge in [0.15, 0.2) is 12.2 Å². The number of phenolic OH excluding ortho intramolecular Hbond substituents is 1. The Hall–Kier alpha value is -4.22. The summed E-state index contributed by atoms with van der Waals surface area (Å²) in [6.07, 6.45) is 9.03. The van der Waals surface area contributed by atoms with Crippen molar-refractivity contribution in [3.63, 3.8) is 0 Å². The molecule has 0 aliphatic carbocycles. The Morgan fingerprint density at radius 3 is 2.81 bits per heavy atom. The van der Waals surface area contributed by atoms with Crippen LogP contribution in [0.3, 0.4) is 0 Å². The number of pyridine rings is 1. The van der Waals surface area contributed by atoms with Gasteiger partial charge in [-0.3, -0.25) is 20.5 Å². The SMILES string of the molecule is C#Cc1c(F)ccc2cc(O)cc(-c3ncc4c(N5CCCC6(CNC(O)N6)C5)nc(OC[C@@]56CCCN5C[C@H](F)C6)nc4c3F)c12. The lowest BCUT2D eigenvalue weighted by Gasteiger charge is -2.41. The minimum Gasteiger partial charge on any atom is -0.508 e. The van der Waals surface area contributed by atoms with Gasteiger partial charge in [-0.25, -0.2) is 13.2 Å². The predicted octanol–water partition coefficient (Wildman–Crippen LogP) is 3.57. The number of fused-ring (bicyclic) bond motifs is 3. The monoisotopic (exact) mass is 645 g/mol. The summed E-state index contributed by atoms with van der Waals surface area (Å²) in [4.78, 5) is 17.9. The molecule has 1 spiro atoms. The maximum atomic E-state index is 16.9. The van der Waals surface area contributed by atoms with Crippen LogP contribution in [-0.2, 0) is 0 Å². The molecule has 2 unspecified atom stereocenters. The van der Waals surface area contributed by atoms with E-state index >= 15 is 4.39 Å². The van der Waals surface area contributed by atoms with Crippen LogP contribution < -0.4 is 20.3 Å². The van der Waals surface area contributed by atoms with E-state index in [9.17, 15) is 19.0 Å². The molecule has 6 heterocycles. The first-order valence-corrected chi connectivity index (χ1v) is 15.9. The summed E-state index contributed by atoms with van der Waals surface area (Å²) >= 11 is 0. The molecule has 4 aliphatic heterocycles. The lowest BCUT2D eigenvalue weighted by atomic mass is 9.90. The molecule has 47 heavy (non-hydrogen) atoms. The molecule has 4 aliphatic rings. The molecule has 0 radical (unpaired) electrons. The summed E-state index contributed by atoms with van der Waals surface area (Å²) in [6.45, 7) is 2.92. The number of benzene rings is 2. The third-order valence-electron chi connectivity index (χ3n) is 10.3. The number of aromatic nitrogens is 3. The Bertz CT molecular complexity index is 1950. The first kappa shape index (κ1) is 30.1. The molecule has 0 bridgehead atoms. The van der Waals surface area contributed by atoms with E-state index in [0.29, 0.717) is 49.2 Å². The predicted molar refractivity (Wildman–Crippen MR) is 170 cm³/mol. The second-order valence-electron chi connectivity index (χ2n) is 13.3. The topological polar surface area (TPSA) is 119 Å². The van der Waals surface area contributed by atoms with Crippen LogP contribution in [0.5, 0.6) is 11.8 Å². The van der Waals surface area contributed by atoms with Gasteiger partial charge >= 0.3 is 6.01 Å². The number of aliphatic hydroxyl groups excluding tert-OH is 1. The largest absolute Gasteiger partial charge is 0.508 e. The zero-order valence-electron chi connectivity index (χ0n) is 25.6. The lowest BCUT2D eigenvalue weighted by molar-refractivity contribution is 0.107. The van der Waals surface area contributed by atoms with E-state index < -0.39 is 35.2 Å². The third kappa shape index (κ3) is 5.02. The Labute approximate surface area is 269 Å². The van der Waals surface area contributed by atoms with Crippen molar-refractivity contribution >= 4 is 27.5 Å². The fraction of sp³-hybridized carbons (Fsp3) is 0.441. The Balaban J connectivity index is 1.27. The van der Waals surface area contributed by atoms with Crippen LogP contribution in [0.1, 0.15) is 37.7 Å². The molecule has 4 aromatic rings. The first-order chi connectivity index (χ1) is 22.7. The van der Waals surface area contributed by atoms with Gasteiger partial charge in [0.25, 0.3) is 0 Å². The van der Waals surface area contributed by atoms with Crippen molar-refractivity contribution in [1.82, 2.24) is 30.5 Å². The number of anilines is 1. The van der Waals surface area contributed by atoms with Crippen molar-refractivity contribution in [2.45, 2.75) is 55.7 Å². The van der Waals surface area contributed by atoms with Crippen LogP contribution >= 0.6 is 0 Å². The Morgan fingerprint density at radius 1 is 1.15 bits per heavy atom. The second kappa shape index (κ2) is 11.2. The molecule has 244 valence electrons. The second-order valence-corrected chi connectivity index (χ2v) is 13.3. The third-order valence-corrected chi connectivity index (χ3v) is 10.3. The van der Waals surface area contributed by atoms with E-state index in [-0.39, 0.29) is 46.1 Å². The van der Waals surface area contributed by atoms with E-state index in [0.717, 1.165) is 32.2 Å². The van der Waals surface area contributed by atoms with Crippen molar-refractivity contribution < 1.29 is 28.1 Å². The number of nitrogens with one attached hydrogen (secondary N) is 2. The van der Waals surface area contributed by atoms with E-state index in [1.54, 1.807) is 0 Å². The average Bonchev–Trinajstić information content (AvgIpc) is 3.71. The van der Waals surface area contributed by atoms with Crippen LogP contribution in [0, 0.1) is 24.0 Å². The molecule has 0 amide bonds. The minimum absolute atomic E-state index is 0.0552. The van der Waals surface area contributed by atoms with Crippen molar-refractivity contribution in [1.29, 1.82) is 0 Å². The fourth-order valence-electron chi connectivity index (χ4n) is 8.17. The number of aromatic hydroxyl groups is 1. The van der Waals surface area contributed by atoms with Gasteiger partial charge in [-0.2, -0.15) is 9.97 Å². The summed E-state index contributed by atoms with van der Waals surface area (Å²) in [6, 6.07) is 5.34. The lowest BCUT2D eigenvalue weighted by Crippen LogP contribution is -2.57. The number of alkyl halides is 1. The molecule has 4 saturated heterocycles. The fourth-order valence-corrected chi connectivity index (χ4v) is 8.17. The van der Waals surface area contributed by atoms with E-state index in [4.69, 9.17) is 16.1 Å². The number of aliphatic hydroxyl groups is 1. The maximum absolute atomic E-state index is 16.9. The Morgan fingerprint density at radius 2 is 2.00 bits per heavy atom. The number of piperidine rings is 1. The molecular formula is C34H34F3N7O3. The highest BCUT2D eigenvalue weighted by atomic mass is 19.1. The van der Waals surface area contributed by atoms with Crippen molar-refractivity contribution in [2.75, 3.05) is 44.2 Å². The van der Waals surface area contributed by atoms with E-state index in [2.05, 4.69) is 31.4 Å². The molecule has 4 N–H and O–H groups in total. The molecular weight excluding hydrogens is 611 g/mol. The summed E-state index contributed by atoms with van der Waals surface area (Å²) in [7, 11) is 0. The van der Waals surface area contributed by atoms with Gasteiger partial charge in [0.05, 0.1) is 22.0 Å². The molecule has 4 fully saturated rings. The molecule has 0 saturated carbocycles. The summed E-state index contributed by atoms with van der Waals surface area (Å²) in [5.41, 5.74) is -1.11. The number of rotatable bonds is 5. The average molecular weight is 646 g/mol. The number of nitrogens with zero attached hydrogens (tertiary/aromatic N) is 5.